The van der Waals surface area contributed by atoms with Gasteiger partial charge in [-0.15, -0.1) is 11.3 Å². The standard InChI is InChI=1S/C14H17ClN2O2S2/c1-10(12-4-3-5-13(15)7-12)17(2)21(18,19)14-6-11(8-16)9-20-14/h3-7,9-10H,8,16H2,1-2H3. The quantitative estimate of drug-likeness (QED) is 0.905. The topological polar surface area (TPSA) is 63.4 Å². The molecule has 0 spiro atoms. The van der Waals surface area contributed by atoms with Gasteiger partial charge in [0, 0.05) is 24.7 Å². The van der Waals surface area contributed by atoms with Crippen LogP contribution >= 0.6 is 22.9 Å². The fourth-order valence-electron chi connectivity index (χ4n) is 1.92. The molecule has 0 fully saturated rings. The molecular formula is C14H17ClN2O2S2. The van der Waals surface area contributed by atoms with Crippen molar-refractivity contribution in [1.29, 1.82) is 0 Å². The van der Waals surface area contributed by atoms with Gasteiger partial charge in [0.2, 0.25) is 0 Å². The number of rotatable bonds is 5. The molecule has 1 aromatic carbocycles. The van der Waals surface area contributed by atoms with Gasteiger partial charge in [-0.3, -0.25) is 0 Å². The number of nitrogens with zero attached hydrogens (tertiary/aromatic N) is 1. The monoisotopic (exact) mass is 344 g/mol. The highest BCUT2D eigenvalue weighted by molar-refractivity contribution is 7.91. The summed E-state index contributed by atoms with van der Waals surface area (Å²) in [6.07, 6.45) is 0. The lowest BCUT2D eigenvalue weighted by Gasteiger charge is -2.24. The Labute approximate surface area is 134 Å². The van der Waals surface area contributed by atoms with Crippen molar-refractivity contribution >= 4 is 33.0 Å². The molecule has 1 unspecified atom stereocenters. The van der Waals surface area contributed by atoms with Crippen LogP contribution in [0.25, 0.3) is 0 Å². The second-order valence-corrected chi connectivity index (χ2v) is 8.30. The largest absolute Gasteiger partial charge is 0.326 e. The first-order valence-electron chi connectivity index (χ1n) is 6.37. The first kappa shape index (κ1) is 16.5. The summed E-state index contributed by atoms with van der Waals surface area (Å²) in [7, 11) is -1.96. The number of hydrogen-bond donors (Lipinski definition) is 1. The lowest BCUT2D eigenvalue weighted by atomic mass is 10.1. The van der Waals surface area contributed by atoms with Gasteiger partial charge in [-0.05, 0) is 41.6 Å². The summed E-state index contributed by atoms with van der Waals surface area (Å²) >= 11 is 7.16. The summed E-state index contributed by atoms with van der Waals surface area (Å²) < 4.78 is 26.9. The van der Waals surface area contributed by atoms with Crippen molar-refractivity contribution < 1.29 is 8.42 Å². The Bertz CT molecular complexity index is 728. The molecule has 0 aliphatic heterocycles. The molecule has 21 heavy (non-hydrogen) atoms. The summed E-state index contributed by atoms with van der Waals surface area (Å²) in [5.41, 5.74) is 7.21. The smallest absolute Gasteiger partial charge is 0.252 e. The molecule has 2 aromatic rings. The van der Waals surface area contributed by atoms with E-state index in [1.807, 2.05) is 19.1 Å². The van der Waals surface area contributed by atoms with Crippen LogP contribution in [-0.2, 0) is 16.6 Å². The fraction of sp³-hybridized carbons (Fsp3) is 0.286. The first-order valence-corrected chi connectivity index (χ1v) is 9.07. The van der Waals surface area contributed by atoms with Gasteiger partial charge >= 0.3 is 0 Å². The number of hydrogen-bond acceptors (Lipinski definition) is 4. The lowest BCUT2D eigenvalue weighted by molar-refractivity contribution is 0.399. The summed E-state index contributed by atoms with van der Waals surface area (Å²) in [4.78, 5) is 0. The predicted molar refractivity (Wildman–Crippen MR) is 87.0 cm³/mol. The van der Waals surface area contributed by atoms with E-state index in [4.69, 9.17) is 17.3 Å². The zero-order valence-electron chi connectivity index (χ0n) is 11.8. The average molecular weight is 345 g/mol. The Morgan fingerprint density at radius 3 is 2.67 bits per heavy atom. The van der Waals surface area contributed by atoms with Crippen LogP contribution in [0.1, 0.15) is 24.1 Å². The highest BCUT2D eigenvalue weighted by atomic mass is 35.5. The van der Waals surface area contributed by atoms with E-state index in [0.29, 0.717) is 15.8 Å². The summed E-state index contributed by atoms with van der Waals surface area (Å²) in [6, 6.07) is 8.53. The first-order chi connectivity index (χ1) is 9.86. The average Bonchev–Trinajstić information content (AvgIpc) is 2.95. The maximum Gasteiger partial charge on any atom is 0.252 e. The SMILES string of the molecule is CC(c1cccc(Cl)c1)N(C)S(=O)(=O)c1cc(CN)cs1. The highest BCUT2D eigenvalue weighted by Gasteiger charge is 2.27. The molecule has 1 aromatic heterocycles. The van der Waals surface area contributed by atoms with E-state index in [1.165, 1.54) is 15.6 Å². The maximum atomic E-state index is 12.6. The molecule has 7 heteroatoms. The molecule has 0 aliphatic carbocycles. The molecule has 2 N–H and O–H groups in total. The number of benzene rings is 1. The van der Waals surface area contributed by atoms with Gasteiger partial charge in [-0.2, -0.15) is 4.31 Å². The molecule has 0 saturated carbocycles. The van der Waals surface area contributed by atoms with E-state index in [0.717, 1.165) is 11.1 Å². The Kier molecular flexibility index (Phi) is 5.06. The molecule has 0 radical (unpaired) electrons. The maximum absolute atomic E-state index is 12.6. The molecule has 0 aliphatic rings. The van der Waals surface area contributed by atoms with Crippen LogP contribution in [0.15, 0.2) is 39.9 Å². The summed E-state index contributed by atoms with van der Waals surface area (Å²) in [5, 5.41) is 2.36. The van der Waals surface area contributed by atoms with Gasteiger partial charge in [0.25, 0.3) is 10.0 Å². The molecule has 4 nitrogen and oxygen atoms in total. The van der Waals surface area contributed by atoms with Crippen LogP contribution in [0.5, 0.6) is 0 Å². The number of thiophene rings is 1. The lowest BCUT2D eigenvalue weighted by Crippen LogP contribution is -2.29. The molecule has 1 heterocycles. The van der Waals surface area contributed by atoms with E-state index >= 15 is 0 Å². The van der Waals surface area contributed by atoms with Crippen LogP contribution in [0.2, 0.25) is 5.02 Å². The molecule has 0 amide bonds. The van der Waals surface area contributed by atoms with E-state index in [9.17, 15) is 8.42 Å². The van der Waals surface area contributed by atoms with E-state index in [2.05, 4.69) is 0 Å². The van der Waals surface area contributed by atoms with Gasteiger partial charge in [-0.25, -0.2) is 8.42 Å². The summed E-state index contributed by atoms with van der Waals surface area (Å²) in [5.74, 6) is 0. The van der Waals surface area contributed by atoms with Crippen LogP contribution in [-0.4, -0.2) is 19.8 Å². The van der Waals surface area contributed by atoms with E-state index < -0.39 is 10.0 Å². The van der Waals surface area contributed by atoms with Gasteiger partial charge < -0.3 is 5.73 Å². The Hall–Kier alpha value is -0.920. The van der Waals surface area contributed by atoms with Crippen LogP contribution in [0.3, 0.4) is 0 Å². The van der Waals surface area contributed by atoms with Crippen LogP contribution in [0, 0.1) is 0 Å². The van der Waals surface area contributed by atoms with Crippen molar-refractivity contribution in [1.82, 2.24) is 4.31 Å². The van der Waals surface area contributed by atoms with Crippen LogP contribution in [0.4, 0.5) is 0 Å². The van der Waals surface area contributed by atoms with Crippen LogP contribution < -0.4 is 5.73 Å². The number of sulfonamides is 1. The summed E-state index contributed by atoms with van der Waals surface area (Å²) in [6.45, 7) is 2.17. The predicted octanol–water partition coefficient (Wildman–Crippen LogP) is 3.24. The molecule has 2 rings (SSSR count). The molecule has 0 saturated heterocycles. The second kappa shape index (κ2) is 6.46. The normalized spacial score (nSPS) is 13.6. The van der Waals surface area contributed by atoms with Crippen molar-refractivity contribution in [2.24, 2.45) is 5.73 Å². The second-order valence-electron chi connectivity index (χ2n) is 4.73. The van der Waals surface area contributed by atoms with Crippen molar-refractivity contribution in [3.8, 4) is 0 Å². The zero-order chi connectivity index (χ0) is 15.6. The van der Waals surface area contributed by atoms with Crippen molar-refractivity contribution in [3.05, 3.63) is 51.9 Å². The molecule has 1 atom stereocenters. The third-order valence-electron chi connectivity index (χ3n) is 3.38. The van der Waals surface area contributed by atoms with Gasteiger partial charge in [0.15, 0.2) is 0 Å². The third-order valence-corrected chi connectivity index (χ3v) is 7.00. The Morgan fingerprint density at radius 2 is 2.10 bits per heavy atom. The third kappa shape index (κ3) is 3.46. The Morgan fingerprint density at radius 1 is 1.38 bits per heavy atom. The van der Waals surface area contributed by atoms with Gasteiger partial charge in [-0.1, -0.05) is 23.7 Å². The van der Waals surface area contributed by atoms with Gasteiger partial charge in [0.05, 0.1) is 0 Å². The minimum atomic E-state index is -3.54. The minimum absolute atomic E-state index is 0.305. The van der Waals surface area contributed by atoms with Crippen molar-refractivity contribution in [2.45, 2.75) is 23.7 Å². The molecule has 114 valence electrons. The van der Waals surface area contributed by atoms with E-state index in [1.54, 1.807) is 30.6 Å². The molecular weight excluding hydrogens is 328 g/mol. The van der Waals surface area contributed by atoms with Crippen molar-refractivity contribution in [3.63, 3.8) is 0 Å². The van der Waals surface area contributed by atoms with E-state index in [-0.39, 0.29) is 6.04 Å². The highest BCUT2D eigenvalue weighted by Crippen LogP contribution is 2.30. The molecule has 0 bridgehead atoms. The number of nitrogens with two attached hydrogens (primary N) is 1. The van der Waals surface area contributed by atoms with Gasteiger partial charge in [0.1, 0.15) is 4.21 Å². The minimum Gasteiger partial charge on any atom is -0.326 e. The number of halogens is 1. The van der Waals surface area contributed by atoms with Crippen molar-refractivity contribution in [2.75, 3.05) is 7.05 Å². The zero-order valence-corrected chi connectivity index (χ0v) is 14.2. The Balaban J connectivity index is 2.31. The fourth-order valence-corrected chi connectivity index (χ4v) is 4.88.